The number of benzene rings is 3. The molecule has 1 aliphatic rings. The van der Waals surface area contributed by atoms with Gasteiger partial charge in [-0.05, 0) is 61.4 Å². The van der Waals surface area contributed by atoms with Crippen LogP contribution in [0.4, 0.5) is 17.1 Å². The molecule has 7 nitrogen and oxygen atoms in total. The van der Waals surface area contributed by atoms with Gasteiger partial charge in [0.1, 0.15) is 0 Å². The smallest absolute Gasteiger partial charge is 0.255 e. The van der Waals surface area contributed by atoms with E-state index in [0.717, 1.165) is 25.7 Å². The summed E-state index contributed by atoms with van der Waals surface area (Å²) in [5, 5.41) is 11.8. The maximum absolute atomic E-state index is 12.6. The molecule has 4 rings (SSSR count). The Labute approximate surface area is 205 Å². The Hall–Kier alpha value is -4.13. The van der Waals surface area contributed by atoms with Crippen molar-refractivity contribution in [2.45, 2.75) is 38.1 Å². The van der Waals surface area contributed by atoms with Gasteiger partial charge in [-0.25, -0.2) is 0 Å². The SMILES string of the molecule is O=C(CNc1cccc(NC(=O)c2ccccc2)c1)Nc1cccc(C(=O)NC2CCCCC2)c1. The number of rotatable bonds is 8. The lowest BCUT2D eigenvalue weighted by atomic mass is 9.95. The number of amides is 3. The molecule has 0 spiro atoms. The van der Waals surface area contributed by atoms with Crippen molar-refractivity contribution in [2.24, 2.45) is 0 Å². The first-order valence-electron chi connectivity index (χ1n) is 12.0. The Morgan fingerprint density at radius 1 is 0.657 bits per heavy atom. The van der Waals surface area contributed by atoms with Crippen molar-refractivity contribution in [3.05, 3.63) is 90.0 Å². The molecule has 0 unspecified atom stereocenters. The summed E-state index contributed by atoms with van der Waals surface area (Å²) in [6, 6.07) is 23.3. The molecule has 0 radical (unpaired) electrons. The van der Waals surface area contributed by atoms with Crippen LogP contribution in [-0.2, 0) is 4.79 Å². The highest BCUT2D eigenvalue weighted by Crippen LogP contribution is 2.19. The molecule has 35 heavy (non-hydrogen) atoms. The van der Waals surface area contributed by atoms with Crippen LogP contribution in [-0.4, -0.2) is 30.3 Å². The molecule has 0 heterocycles. The average molecular weight is 471 g/mol. The predicted molar refractivity (Wildman–Crippen MR) is 139 cm³/mol. The van der Waals surface area contributed by atoms with E-state index in [2.05, 4.69) is 21.3 Å². The Morgan fingerprint density at radius 3 is 2.09 bits per heavy atom. The summed E-state index contributed by atoms with van der Waals surface area (Å²) in [6.45, 7) is 0.0363. The summed E-state index contributed by atoms with van der Waals surface area (Å²) in [5.74, 6) is -0.554. The van der Waals surface area contributed by atoms with Crippen LogP contribution in [0.1, 0.15) is 52.8 Å². The molecule has 180 valence electrons. The molecule has 0 aliphatic heterocycles. The highest BCUT2D eigenvalue weighted by Gasteiger charge is 2.17. The topological polar surface area (TPSA) is 99.3 Å². The largest absolute Gasteiger partial charge is 0.376 e. The number of anilines is 3. The molecule has 1 aliphatic carbocycles. The lowest BCUT2D eigenvalue weighted by molar-refractivity contribution is -0.114. The molecule has 1 saturated carbocycles. The van der Waals surface area contributed by atoms with Crippen molar-refractivity contribution in [1.29, 1.82) is 0 Å². The van der Waals surface area contributed by atoms with Crippen molar-refractivity contribution >= 4 is 34.8 Å². The Bertz CT molecular complexity index is 1170. The van der Waals surface area contributed by atoms with Crippen LogP contribution < -0.4 is 21.3 Å². The maximum atomic E-state index is 12.6. The molecule has 0 atom stereocenters. The lowest BCUT2D eigenvalue weighted by Gasteiger charge is -2.22. The van der Waals surface area contributed by atoms with Gasteiger partial charge in [-0.3, -0.25) is 14.4 Å². The zero-order valence-electron chi connectivity index (χ0n) is 19.6. The third-order valence-corrected chi connectivity index (χ3v) is 5.96. The van der Waals surface area contributed by atoms with E-state index in [-0.39, 0.29) is 30.3 Å². The zero-order valence-corrected chi connectivity index (χ0v) is 19.6. The van der Waals surface area contributed by atoms with Crippen molar-refractivity contribution in [1.82, 2.24) is 5.32 Å². The lowest BCUT2D eigenvalue weighted by Crippen LogP contribution is -2.36. The van der Waals surface area contributed by atoms with E-state index in [4.69, 9.17) is 0 Å². The van der Waals surface area contributed by atoms with Gasteiger partial charge in [0.05, 0.1) is 6.54 Å². The second-order valence-electron chi connectivity index (χ2n) is 8.69. The van der Waals surface area contributed by atoms with Gasteiger partial charge in [0, 0.05) is 34.2 Å². The van der Waals surface area contributed by atoms with E-state index in [1.165, 1.54) is 6.42 Å². The van der Waals surface area contributed by atoms with Crippen LogP contribution in [0, 0.1) is 0 Å². The van der Waals surface area contributed by atoms with Crippen LogP contribution in [0.5, 0.6) is 0 Å². The number of carbonyl (C=O) groups excluding carboxylic acids is 3. The third kappa shape index (κ3) is 7.17. The molecule has 0 bridgehead atoms. The van der Waals surface area contributed by atoms with Gasteiger partial charge < -0.3 is 21.3 Å². The molecule has 1 fully saturated rings. The summed E-state index contributed by atoms with van der Waals surface area (Å²) in [7, 11) is 0. The van der Waals surface area contributed by atoms with Crippen molar-refractivity contribution in [3.63, 3.8) is 0 Å². The highest BCUT2D eigenvalue weighted by molar-refractivity contribution is 6.04. The van der Waals surface area contributed by atoms with E-state index in [1.54, 1.807) is 54.6 Å². The average Bonchev–Trinajstić information content (AvgIpc) is 2.89. The van der Waals surface area contributed by atoms with Gasteiger partial charge in [0.25, 0.3) is 11.8 Å². The summed E-state index contributed by atoms with van der Waals surface area (Å²) in [4.78, 5) is 37.4. The Kier molecular flexibility index (Phi) is 8.12. The molecular formula is C28H30N4O3. The molecule has 0 saturated heterocycles. The number of nitrogens with one attached hydrogen (secondary N) is 4. The van der Waals surface area contributed by atoms with Crippen molar-refractivity contribution in [2.75, 3.05) is 22.5 Å². The molecule has 4 N–H and O–H groups in total. The molecule has 0 aromatic heterocycles. The van der Waals surface area contributed by atoms with E-state index in [9.17, 15) is 14.4 Å². The standard InChI is InChI=1S/C28H30N4O3/c33-26(30-24-15-7-11-21(17-24)28(35)31-22-12-5-2-6-13-22)19-29-23-14-8-16-25(18-23)32-27(34)20-9-3-1-4-10-20/h1,3-4,7-11,14-18,22,29H,2,5-6,12-13,19H2,(H,30,33)(H,31,35)(H,32,34). The zero-order chi connectivity index (χ0) is 24.5. The number of hydrogen-bond donors (Lipinski definition) is 4. The van der Waals surface area contributed by atoms with E-state index in [0.29, 0.717) is 28.2 Å². The second kappa shape index (κ2) is 11.8. The van der Waals surface area contributed by atoms with Gasteiger partial charge in [0.2, 0.25) is 5.91 Å². The van der Waals surface area contributed by atoms with E-state index in [1.807, 2.05) is 24.3 Å². The first-order chi connectivity index (χ1) is 17.1. The quantitative estimate of drug-likeness (QED) is 0.370. The first-order valence-corrected chi connectivity index (χ1v) is 12.0. The van der Waals surface area contributed by atoms with Gasteiger partial charge in [-0.15, -0.1) is 0 Å². The summed E-state index contributed by atoms with van der Waals surface area (Å²) in [5.41, 5.74) is 2.99. The predicted octanol–water partition coefficient (Wildman–Crippen LogP) is 5.05. The summed E-state index contributed by atoms with van der Waals surface area (Å²) in [6.07, 6.45) is 5.57. The van der Waals surface area contributed by atoms with Gasteiger partial charge in [0.15, 0.2) is 0 Å². The second-order valence-corrected chi connectivity index (χ2v) is 8.69. The fourth-order valence-electron chi connectivity index (χ4n) is 4.14. The third-order valence-electron chi connectivity index (χ3n) is 5.96. The minimum atomic E-state index is -0.242. The van der Waals surface area contributed by atoms with Gasteiger partial charge in [-0.1, -0.05) is 49.6 Å². The van der Waals surface area contributed by atoms with Crippen LogP contribution in [0.3, 0.4) is 0 Å². The molecule has 3 aromatic rings. The van der Waals surface area contributed by atoms with Crippen LogP contribution in [0.2, 0.25) is 0 Å². The Balaban J connectivity index is 1.28. The van der Waals surface area contributed by atoms with Crippen molar-refractivity contribution < 1.29 is 14.4 Å². The monoisotopic (exact) mass is 470 g/mol. The normalized spacial score (nSPS) is 13.5. The first kappa shape index (κ1) is 24.0. The Morgan fingerprint density at radius 2 is 1.31 bits per heavy atom. The van der Waals surface area contributed by atoms with Gasteiger partial charge in [-0.2, -0.15) is 0 Å². The van der Waals surface area contributed by atoms with E-state index < -0.39 is 0 Å². The van der Waals surface area contributed by atoms with Crippen LogP contribution in [0.15, 0.2) is 78.9 Å². The van der Waals surface area contributed by atoms with Crippen molar-refractivity contribution in [3.8, 4) is 0 Å². The molecular weight excluding hydrogens is 440 g/mol. The maximum Gasteiger partial charge on any atom is 0.255 e. The highest BCUT2D eigenvalue weighted by atomic mass is 16.2. The molecule has 7 heteroatoms. The number of carbonyl (C=O) groups is 3. The minimum Gasteiger partial charge on any atom is -0.376 e. The van der Waals surface area contributed by atoms with E-state index >= 15 is 0 Å². The molecule has 3 amide bonds. The fraction of sp³-hybridized carbons (Fsp3) is 0.250. The molecule has 3 aromatic carbocycles. The minimum absolute atomic E-state index is 0.0363. The summed E-state index contributed by atoms with van der Waals surface area (Å²) >= 11 is 0. The summed E-state index contributed by atoms with van der Waals surface area (Å²) < 4.78 is 0. The van der Waals surface area contributed by atoms with Crippen LogP contribution >= 0.6 is 0 Å². The van der Waals surface area contributed by atoms with Crippen LogP contribution in [0.25, 0.3) is 0 Å². The number of hydrogen-bond acceptors (Lipinski definition) is 4. The van der Waals surface area contributed by atoms with Gasteiger partial charge >= 0.3 is 0 Å². The fourth-order valence-corrected chi connectivity index (χ4v) is 4.14.